The fraction of sp³-hybridized carbons (Fsp3) is 0.152. The summed E-state index contributed by atoms with van der Waals surface area (Å²) < 4.78 is 7.67. The molecule has 6 heteroatoms. The van der Waals surface area contributed by atoms with Crippen LogP contribution in [0.5, 0.6) is 5.75 Å². The zero-order valence-electron chi connectivity index (χ0n) is 22.0. The Morgan fingerprint density at radius 2 is 1.67 bits per heavy atom. The maximum atomic E-state index is 12.9. The summed E-state index contributed by atoms with van der Waals surface area (Å²) in [5, 5.41) is 6.91. The van der Waals surface area contributed by atoms with Gasteiger partial charge >= 0.3 is 0 Å². The van der Waals surface area contributed by atoms with Crippen LogP contribution >= 0.6 is 0 Å². The van der Waals surface area contributed by atoms with Gasteiger partial charge in [-0.1, -0.05) is 66.2 Å². The highest BCUT2D eigenvalue weighted by atomic mass is 16.5. The van der Waals surface area contributed by atoms with E-state index in [2.05, 4.69) is 70.7 Å². The van der Waals surface area contributed by atoms with Gasteiger partial charge in [0.1, 0.15) is 11.6 Å². The number of fused-ring (bicyclic) bond motifs is 2. The normalized spacial score (nSPS) is 13.9. The van der Waals surface area contributed by atoms with Gasteiger partial charge < -0.3 is 19.9 Å². The van der Waals surface area contributed by atoms with Crippen molar-refractivity contribution in [1.82, 2.24) is 14.9 Å². The van der Waals surface area contributed by atoms with Crippen molar-refractivity contribution in [2.75, 3.05) is 12.4 Å². The molecule has 1 amide bonds. The number of carbonyl (C=O) groups is 1. The third-order valence-corrected chi connectivity index (χ3v) is 7.22. The highest BCUT2D eigenvalue weighted by molar-refractivity contribution is 5.94. The molecule has 1 unspecified atom stereocenters. The van der Waals surface area contributed by atoms with E-state index in [1.165, 1.54) is 11.1 Å². The molecule has 1 atom stereocenters. The number of aryl methyl sites for hydroxylation is 1. The molecule has 194 valence electrons. The summed E-state index contributed by atoms with van der Waals surface area (Å²) in [6.07, 6.45) is 0. The van der Waals surface area contributed by atoms with Crippen LogP contribution in [-0.4, -0.2) is 22.6 Å². The van der Waals surface area contributed by atoms with Crippen molar-refractivity contribution in [2.24, 2.45) is 0 Å². The Bertz CT molecular complexity index is 1610. The Kier molecular flexibility index (Phi) is 6.59. The Balaban J connectivity index is 1.49. The number of methoxy groups -OCH3 is 1. The third kappa shape index (κ3) is 4.89. The van der Waals surface area contributed by atoms with Gasteiger partial charge in [0, 0.05) is 16.8 Å². The average molecular weight is 515 g/mol. The Morgan fingerprint density at radius 1 is 0.949 bits per heavy atom. The lowest BCUT2D eigenvalue weighted by atomic mass is 9.98. The molecule has 2 N–H and O–H groups in total. The molecule has 5 aromatic rings. The second-order valence-electron chi connectivity index (χ2n) is 9.77. The summed E-state index contributed by atoms with van der Waals surface area (Å²) in [6.45, 7) is 3.04. The van der Waals surface area contributed by atoms with E-state index in [0.29, 0.717) is 18.7 Å². The molecule has 2 heterocycles. The first-order chi connectivity index (χ1) is 19.1. The van der Waals surface area contributed by atoms with E-state index in [0.717, 1.165) is 39.8 Å². The van der Waals surface area contributed by atoms with Gasteiger partial charge in [0.25, 0.3) is 5.91 Å². The van der Waals surface area contributed by atoms with E-state index in [9.17, 15) is 4.79 Å². The van der Waals surface area contributed by atoms with Gasteiger partial charge in [0.2, 0.25) is 0 Å². The minimum Gasteiger partial charge on any atom is -0.497 e. The molecule has 0 aliphatic carbocycles. The van der Waals surface area contributed by atoms with Gasteiger partial charge in [-0.25, -0.2) is 4.98 Å². The van der Waals surface area contributed by atoms with E-state index >= 15 is 0 Å². The standard InChI is InChI=1S/C33H30N4O2/c1-22-12-14-23(15-13-22)30-32-31(24-16-18-27(39-2)19-17-24)36-29(20-34-33(38)25-8-4-3-5-9-25)37(32)21-26-10-6-7-11-28(26)35-30/h3-19,30,35H,20-21H2,1-2H3,(H,34,38). The first-order valence-corrected chi connectivity index (χ1v) is 13.1. The van der Waals surface area contributed by atoms with Crippen molar-refractivity contribution in [3.05, 3.63) is 137 Å². The molecular formula is C33H30N4O2. The van der Waals surface area contributed by atoms with Crippen molar-refractivity contribution < 1.29 is 9.53 Å². The molecule has 4 aromatic carbocycles. The number of benzene rings is 4. The number of hydrogen-bond acceptors (Lipinski definition) is 4. The van der Waals surface area contributed by atoms with E-state index in [1.807, 2.05) is 54.6 Å². The highest BCUT2D eigenvalue weighted by Crippen LogP contribution is 2.39. The summed E-state index contributed by atoms with van der Waals surface area (Å²) in [5.41, 5.74) is 8.17. The summed E-state index contributed by atoms with van der Waals surface area (Å²) in [6, 6.07) is 34.1. The minimum absolute atomic E-state index is 0.124. The number of nitrogens with one attached hydrogen (secondary N) is 2. The van der Waals surface area contributed by atoms with Crippen LogP contribution in [0.15, 0.2) is 103 Å². The minimum atomic E-state index is -0.141. The first-order valence-electron chi connectivity index (χ1n) is 13.1. The number of carbonyl (C=O) groups excluding carboxylic acids is 1. The number of amides is 1. The fourth-order valence-electron chi connectivity index (χ4n) is 5.12. The van der Waals surface area contributed by atoms with Crippen LogP contribution in [-0.2, 0) is 13.1 Å². The number of aromatic nitrogens is 2. The SMILES string of the molecule is COc1ccc(-c2nc(CNC(=O)c3ccccc3)n3c2C(c2ccc(C)cc2)Nc2ccccc2C3)cc1. The van der Waals surface area contributed by atoms with E-state index < -0.39 is 0 Å². The molecule has 1 aliphatic heterocycles. The van der Waals surface area contributed by atoms with Gasteiger partial charge in [0.05, 0.1) is 37.6 Å². The zero-order chi connectivity index (χ0) is 26.8. The summed E-state index contributed by atoms with van der Waals surface area (Å²) >= 11 is 0. The number of hydrogen-bond donors (Lipinski definition) is 2. The largest absolute Gasteiger partial charge is 0.497 e. The van der Waals surface area contributed by atoms with Crippen molar-refractivity contribution in [3.8, 4) is 17.0 Å². The highest BCUT2D eigenvalue weighted by Gasteiger charge is 2.30. The van der Waals surface area contributed by atoms with Gasteiger partial charge in [-0.2, -0.15) is 0 Å². The van der Waals surface area contributed by atoms with E-state index in [-0.39, 0.29) is 11.9 Å². The molecule has 0 radical (unpaired) electrons. The van der Waals surface area contributed by atoms with Crippen LogP contribution in [0.4, 0.5) is 5.69 Å². The van der Waals surface area contributed by atoms with Crippen LogP contribution in [0, 0.1) is 6.92 Å². The molecule has 0 spiro atoms. The Morgan fingerprint density at radius 3 is 2.41 bits per heavy atom. The van der Waals surface area contributed by atoms with Crippen LogP contribution < -0.4 is 15.4 Å². The van der Waals surface area contributed by atoms with Crippen molar-refractivity contribution in [2.45, 2.75) is 26.1 Å². The number of rotatable bonds is 6. The predicted molar refractivity (Wildman–Crippen MR) is 154 cm³/mol. The number of para-hydroxylation sites is 1. The molecule has 1 aliphatic rings. The van der Waals surface area contributed by atoms with Crippen LogP contribution in [0.1, 0.15) is 44.6 Å². The lowest BCUT2D eigenvalue weighted by Gasteiger charge is -2.21. The summed E-state index contributed by atoms with van der Waals surface area (Å²) in [5.74, 6) is 1.47. The van der Waals surface area contributed by atoms with Crippen LogP contribution in [0.3, 0.4) is 0 Å². The maximum Gasteiger partial charge on any atom is 0.251 e. The monoisotopic (exact) mass is 514 g/mol. The third-order valence-electron chi connectivity index (χ3n) is 7.22. The first kappa shape index (κ1) is 24.5. The maximum absolute atomic E-state index is 12.9. The molecule has 0 fully saturated rings. The van der Waals surface area contributed by atoms with E-state index in [1.54, 1.807) is 7.11 Å². The second-order valence-corrected chi connectivity index (χ2v) is 9.77. The lowest BCUT2D eigenvalue weighted by Crippen LogP contribution is -2.25. The second kappa shape index (κ2) is 10.5. The zero-order valence-corrected chi connectivity index (χ0v) is 22.0. The molecule has 0 saturated heterocycles. The number of nitrogens with zero attached hydrogens (tertiary/aromatic N) is 2. The molecule has 6 nitrogen and oxygen atoms in total. The topological polar surface area (TPSA) is 68.2 Å². The Labute approximate surface area is 228 Å². The van der Waals surface area contributed by atoms with Crippen molar-refractivity contribution >= 4 is 11.6 Å². The molecule has 6 rings (SSSR count). The lowest BCUT2D eigenvalue weighted by molar-refractivity contribution is 0.0949. The number of anilines is 1. The molecule has 39 heavy (non-hydrogen) atoms. The quantitative estimate of drug-likeness (QED) is 0.277. The van der Waals surface area contributed by atoms with Gasteiger partial charge in [-0.3, -0.25) is 4.79 Å². The molecule has 0 bridgehead atoms. The molecule has 1 aromatic heterocycles. The summed E-state index contributed by atoms with van der Waals surface area (Å²) in [4.78, 5) is 18.1. The van der Waals surface area contributed by atoms with E-state index in [4.69, 9.17) is 9.72 Å². The smallest absolute Gasteiger partial charge is 0.251 e. The molecule has 0 saturated carbocycles. The average Bonchev–Trinajstić information content (AvgIpc) is 3.24. The number of imidazole rings is 1. The molecular weight excluding hydrogens is 484 g/mol. The van der Waals surface area contributed by atoms with Crippen LogP contribution in [0.2, 0.25) is 0 Å². The summed E-state index contributed by atoms with van der Waals surface area (Å²) in [7, 11) is 1.67. The Hall–Kier alpha value is -4.84. The fourth-order valence-corrected chi connectivity index (χ4v) is 5.12. The predicted octanol–water partition coefficient (Wildman–Crippen LogP) is 6.36. The van der Waals surface area contributed by atoms with Gasteiger partial charge in [-0.15, -0.1) is 0 Å². The van der Waals surface area contributed by atoms with Crippen LogP contribution in [0.25, 0.3) is 11.3 Å². The van der Waals surface area contributed by atoms with Gasteiger partial charge in [-0.05, 0) is 60.5 Å². The van der Waals surface area contributed by atoms with Crippen molar-refractivity contribution in [1.29, 1.82) is 0 Å². The number of ether oxygens (including phenoxy) is 1. The van der Waals surface area contributed by atoms with Gasteiger partial charge in [0.15, 0.2) is 0 Å². The van der Waals surface area contributed by atoms with Crippen molar-refractivity contribution in [3.63, 3.8) is 0 Å².